The lowest BCUT2D eigenvalue weighted by molar-refractivity contribution is -0.157. The molecule has 1 aromatic rings. The summed E-state index contributed by atoms with van der Waals surface area (Å²) in [5.74, 6) is -5.03. The first kappa shape index (κ1) is 18.3. The number of nitrogens with one attached hydrogen (secondary N) is 1. The third-order valence-electron chi connectivity index (χ3n) is 3.36. The van der Waals surface area contributed by atoms with Gasteiger partial charge in [-0.2, -0.15) is 8.78 Å². The summed E-state index contributed by atoms with van der Waals surface area (Å²) in [6, 6.07) is 2.32. The van der Waals surface area contributed by atoms with Gasteiger partial charge in [0, 0.05) is 5.56 Å². The van der Waals surface area contributed by atoms with Gasteiger partial charge in [-0.15, -0.1) is 0 Å². The Morgan fingerprint density at radius 2 is 1.82 bits per heavy atom. The van der Waals surface area contributed by atoms with Crippen LogP contribution in [-0.4, -0.2) is 22.4 Å². The number of amides is 1. The molecule has 2 atom stereocenters. The number of aliphatic hydroxyl groups is 1. The molecule has 0 aliphatic rings. The summed E-state index contributed by atoms with van der Waals surface area (Å²) >= 11 is 0. The van der Waals surface area contributed by atoms with Crippen LogP contribution < -0.4 is 5.32 Å². The van der Waals surface area contributed by atoms with Crippen molar-refractivity contribution in [1.29, 1.82) is 0 Å². The first-order valence-corrected chi connectivity index (χ1v) is 6.73. The molecule has 0 spiro atoms. The molecule has 0 saturated carbocycles. The highest BCUT2D eigenvalue weighted by atomic mass is 19.3. The maximum Gasteiger partial charge on any atom is 0.405 e. The van der Waals surface area contributed by atoms with Gasteiger partial charge in [0.05, 0.1) is 11.6 Å². The smallest absolute Gasteiger partial charge is 0.405 e. The zero-order valence-electron chi connectivity index (χ0n) is 12.8. The maximum absolute atomic E-state index is 14.4. The highest BCUT2D eigenvalue weighted by molar-refractivity contribution is 5.65. The fourth-order valence-corrected chi connectivity index (χ4v) is 2.10. The normalized spacial score (nSPS) is 15.3. The average molecular weight is 319 g/mol. The molecule has 0 saturated heterocycles. The Labute approximate surface area is 127 Å². The number of halogens is 3. The predicted octanol–water partition coefficient (Wildman–Crippen LogP) is 3.65. The minimum absolute atomic E-state index is 0.208. The second-order valence-corrected chi connectivity index (χ2v) is 6.27. The van der Waals surface area contributed by atoms with Gasteiger partial charge in [0.25, 0.3) is 0 Å². The van der Waals surface area contributed by atoms with Crippen LogP contribution >= 0.6 is 0 Å². The number of benzene rings is 1. The van der Waals surface area contributed by atoms with Crippen molar-refractivity contribution in [2.45, 2.75) is 45.8 Å². The number of alkyl halides is 2. The number of rotatable bonds is 4. The van der Waals surface area contributed by atoms with E-state index in [2.05, 4.69) is 0 Å². The molecule has 0 aliphatic heterocycles. The van der Waals surface area contributed by atoms with E-state index in [4.69, 9.17) is 5.11 Å². The van der Waals surface area contributed by atoms with Crippen LogP contribution in [0.4, 0.5) is 18.0 Å². The van der Waals surface area contributed by atoms with Gasteiger partial charge in [-0.05, 0) is 18.4 Å². The zero-order valence-corrected chi connectivity index (χ0v) is 12.8. The van der Waals surface area contributed by atoms with Crippen molar-refractivity contribution in [3.05, 3.63) is 35.1 Å². The van der Waals surface area contributed by atoms with Gasteiger partial charge < -0.3 is 15.5 Å². The summed E-state index contributed by atoms with van der Waals surface area (Å²) in [7, 11) is 0. The molecule has 0 heterocycles. The van der Waals surface area contributed by atoms with Gasteiger partial charge >= 0.3 is 12.0 Å². The zero-order chi connectivity index (χ0) is 17.3. The van der Waals surface area contributed by atoms with Crippen molar-refractivity contribution in [2.24, 2.45) is 5.41 Å². The van der Waals surface area contributed by atoms with Crippen molar-refractivity contribution >= 4 is 6.09 Å². The SMILES string of the molecule is C[C@@H](NC(=O)O)c1cccc(C(F)(F)C(O)C(C)(C)C)c1F. The van der Waals surface area contributed by atoms with Gasteiger partial charge in [0.15, 0.2) is 0 Å². The van der Waals surface area contributed by atoms with Gasteiger partial charge in [0.1, 0.15) is 11.9 Å². The first-order chi connectivity index (χ1) is 9.89. The molecule has 1 aromatic carbocycles. The van der Waals surface area contributed by atoms with Crippen LogP contribution in [0, 0.1) is 11.2 Å². The third-order valence-corrected chi connectivity index (χ3v) is 3.36. The van der Waals surface area contributed by atoms with E-state index < -0.39 is 41.0 Å². The molecule has 4 nitrogen and oxygen atoms in total. The van der Waals surface area contributed by atoms with E-state index in [-0.39, 0.29) is 5.56 Å². The summed E-state index contributed by atoms with van der Waals surface area (Å²) in [5.41, 5.74) is -2.32. The highest BCUT2D eigenvalue weighted by Crippen LogP contribution is 2.41. The lowest BCUT2D eigenvalue weighted by atomic mass is 9.82. The number of aliphatic hydroxyl groups excluding tert-OH is 1. The molecule has 7 heteroatoms. The minimum atomic E-state index is -3.80. The molecule has 0 aromatic heterocycles. The fourth-order valence-electron chi connectivity index (χ4n) is 2.10. The van der Waals surface area contributed by atoms with E-state index in [0.717, 1.165) is 6.07 Å². The molecule has 0 bridgehead atoms. The molecular formula is C15H20F3NO3. The molecule has 124 valence electrons. The molecule has 0 radical (unpaired) electrons. The van der Waals surface area contributed by atoms with E-state index >= 15 is 0 Å². The number of carbonyl (C=O) groups is 1. The molecule has 0 aliphatic carbocycles. The molecule has 3 N–H and O–H groups in total. The number of carboxylic acid groups (broad SMARTS) is 1. The van der Waals surface area contributed by atoms with Gasteiger partial charge in [-0.25, -0.2) is 9.18 Å². The molecule has 1 rings (SSSR count). The Kier molecular flexibility index (Phi) is 5.12. The lowest BCUT2D eigenvalue weighted by Gasteiger charge is -2.33. The van der Waals surface area contributed by atoms with E-state index in [9.17, 15) is 23.1 Å². The van der Waals surface area contributed by atoms with Crippen molar-refractivity contribution in [3.8, 4) is 0 Å². The largest absolute Gasteiger partial charge is 0.465 e. The van der Waals surface area contributed by atoms with E-state index in [0.29, 0.717) is 0 Å². The minimum Gasteiger partial charge on any atom is -0.465 e. The maximum atomic E-state index is 14.4. The Balaban J connectivity index is 3.30. The molecule has 22 heavy (non-hydrogen) atoms. The molecule has 0 fully saturated rings. The third kappa shape index (κ3) is 3.71. The Hall–Kier alpha value is -1.76. The topological polar surface area (TPSA) is 69.6 Å². The molecular weight excluding hydrogens is 299 g/mol. The summed E-state index contributed by atoms with van der Waals surface area (Å²) < 4.78 is 43.2. The fraction of sp³-hybridized carbons (Fsp3) is 0.533. The van der Waals surface area contributed by atoms with Gasteiger partial charge in [-0.3, -0.25) is 0 Å². The first-order valence-electron chi connectivity index (χ1n) is 6.73. The second-order valence-electron chi connectivity index (χ2n) is 6.27. The number of hydrogen-bond donors (Lipinski definition) is 3. The molecule has 1 amide bonds. The van der Waals surface area contributed by atoms with Crippen LogP contribution in [-0.2, 0) is 5.92 Å². The van der Waals surface area contributed by atoms with Gasteiger partial charge in [0.2, 0.25) is 0 Å². The highest BCUT2D eigenvalue weighted by Gasteiger charge is 2.48. The van der Waals surface area contributed by atoms with Crippen LogP contribution in [0.15, 0.2) is 18.2 Å². The van der Waals surface area contributed by atoms with Crippen molar-refractivity contribution in [2.75, 3.05) is 0 Å². The Morgan fingerprint density at radius 1 is 1.27 bits per heavy atom. The van der Waals surface area contributed by atoms with Crippen LogP contribution in [0.3, 0.4) is 0 Å². The number of hydrogen-bond acceptors (Lipinski definition) is 2. The summed E-state index contributed by atoms with van der Waals surface area (Å²) in [4.78, 5) is 10.6. The Morgan fingerprint density at radius 3 is 2.27 bits per heavy atom. The van der Waals surface area contributed by atoms with Crippen molar-refractivity contribution in [1.82, 2.24) is 5.32 Å². The van der Waals surface area contributed by atoms with E-state index in [1.807, 2.05) is 5.32 Å². The van der Waals surface area contributed by atoms with Crippen LogP contribution in [0.1, 0.15) is 44.9 Å². The van der Waals surface area contributed by atoms with Crippen molar-refractivity contribution in [3.63, 3.8) is 0 Å². The predicted molar refractivity (Wildman–Crippen MR) is 75.3 cm³/mol. The van der Waals surface area contributed by atoms with Gasteiger partial charge in [-0.1, -0.05) is 32.9 Å². The second kappa shape index (κ2) is 6.16. The van der Waals surface area contributed by atoms with Crippen LogP contribution in [0.25, 0.3) is 0 Å². The Bertz CT molecular complexity index is 555. The summed E-state index contributed by atoms with van der Waals surface area (Å²) in [6.07, 6.45) is -3.48. The van der Waals surface area contributed by atoms with Crippen LogP contribution in [0.5, 0.6) is 0 Å². The van der Waals surface area contributed by atoms with E-state index in [1.165, 1.54) is 39.8 Å². The molecule has 1 unspecified atom stereocenters. The quantitative estimate of drug-likeness (QED) is 0.793. The lowest BCUT2D eigenvalue weighted by Crippen LogP contribution is -2.41. The standard InChI is InChI=1S/C15H20F3NO3/c1-8(19-13(21)22)9-6-5-7-10(11(9)16)15(17,18)12(20)14(2,3)4/h5-8,12,19-20H,1-4H3,(H,21,22)/t8-,12?/m1/s1. The van der Waals surface area contributed by atoms with E-state index in [1.54, 1.807) is 0 Å². The summed E-state index contributed by atoms with van der Waals surface area (Å²) in [6.45, 7) is 5.60. The summed E-state index contributed by atoms with van der Waals surface area (Å²) in [5, 5.41) is 20.5. The average Bonchev–Trinajstić information content (AvgIpc) is 2.35. The monoisotopic (exact) mass is 319 g/mol. The van der Waals surface area contributed by atoms with Crippen LogP contribution in [0.2, 0.25) is 0 Å². The van der Waals surface area contributed by atoms with Crippen molar-refractivity contribution < 1.29 is 28.2 Å².